The summed E-state index contributed by atoms with van der Waals surface area (Å²) in [6.45, 7) is 5.76. The first-order valence-electron chi connectivity index (χ1n) is 6.00. The third-order valence-electron chi connectivity index (χ3n) is 3.35. The van der Waals surface area contributed by atoms with E-state index >= 15 is 0 Å². The quantitative estimate of drug-likeness (QED) is 0.470. The second kappa shape index (κ2) is 4.83. The molecule has 0 radical (unpaired) electrons. The minimum atomic E-state index is -0.612. The first-order valence-corrected chi connectivity index (χ1v) is 6.00. The van der Waals surface area contributed by atoms with Gasteiger partial charge < -0.3 is 14.0 Å². The topological polar surface area (TPSA) is 70.8 Å². The fourth-order valence-corrected chi connectivity index (χ4v) is 1.86. The van der Waals surface area contributed by atoms with E-state index in [0.717, 1.165) is 0 Å². The molecule has 1 aromatic rings. The fraction of sp³-hybridized carbons (Fsp3) is 0.500. The average Bonchev–Trinajstić information content (AvgIpc) is 2.63. The Morgan fingerprint density at radius 3 is 2.58 bits per heavy atom. The molecule has 1 aliphatic heterocycles. The van der Waals surface area contributed by atoms with Crippen LogP contribution in [0.2, 0.25) is 0 Å². The van der Waals surface area contributed by atoms with Crippen LogP contribution in [0, 0.1) is 10.1 Å². The molecule has 6 nitrogen and oxygen atoms in total. The van der Waals surface area contributed by atoms with E-state index in [1.807, 2.05) is 20.8 Å². The van der Waals surface area contributed by atoms with E-state index < -0.39 is 17.6 Å². The van der Waals surface area contributed by atoms with Gasteiger partial charge in [0.15, 0.2) is 0 Å². The summed E-state index contributed by atoms with van der Waals surface area (Å²) >= 11 is 0. The van der Waals surface area contributed by atoms with Gasteiger partial charge in [-0.15, -0.1) is 0 Å². The van der Waals surface area contributed by atoms with E-state index in [1.165, 1.54) is 19.2 Å². The van der Waals surface area contributed by atoms with Gasteiger partial charge in [0.05, 0.1) is 29.8 Å². The van der Waals surface area contributed by atoms with Crippen molar-refractivity contribution in [3.8, 4) is 5.75 Å². The molecular weight excluding hydrogens is 249 g/mol. The van der Waals surface area contributed by atoms with Crippen molar-refractivity contribution in [3.63, 3.8) is 0 Å². The number of methoxy groups -OCH3 is 1. The number of ether oxygens (including phenoxy) is 1. The lowest BCUT2D eigenvalue weighted by Crippen LogP contribution is -2.34. The van der Waals surface area contributed by atoms with E-state index in [2.05, 4.69) is 0 Å². The van der Waals surface area contributed by atoms with Crippen LogP contribution in [-0.2, 0) is 9.31 Å². The van der Waals surface area contributed by atoms with Gasteiger partial charge in [-0.25, -0.2) is 0 Å². The molecule has 1 aromatic carbocycles. The third-order valence-corrected chi connectivity index (χ3v) is 3.35. The van der Waals surface area contributed by atoms with Gasteiger partial charge in [-0.05, 0) is 32.3 Å². The summed E-state index contributed by atoms with van der Waals surface area (Å²) in [5.74, 6) is 0.411. The summed E-state index contributed by atoms with van der Waals surface area (Å²) in [5.41, 5.74) is 0.116. The molecule has 0 spiro atoms. The molecule has 0 unspecified atom stereocenters. The van der Waals surface area contributed by atoms with E-state index in [0.29, 0.717) is 11.2 Å². The van der Waals surface area contributed by atoms with Gasteiger partial charge in [-0.3, -0.25) is 10.1 Å². The van der Waals surface area contributed by atoms with Crippen LogP contribution in [0.4, 0.5) is 5.69 Å². The van der Waals surface area contributed by atoms with Crippen molar-refractivity contribution in [1.82, 2.24) is 0 Å². The SMILES string of the molecule is COc1cc(B2O[C@H](C)C(C)(C)O2)cc([N+](=O)[O-])c1. The fourth-order valence-electron chi connectivity index (χ4n) is 1.86. The molecule has 0 amide bonds. The molecule has 0 bridgehead atoms. The summed E-state index contributed by atoms with van der Waals surface area (Å²) in [6.07, 6.45) is -0.0947. The van der Waals surface area contributed by atoms with Crippen LogP contribution in [0.5, 0.6) is 5.75 Å². The minimum absolute atomic E-state index is 0.0427. The number of hydrogen-bond acceptors (Lipinski definition) is 5. The molecule has 102 valence electrons. The summed E-state index contributed by atoms with van der Waals surface area (Å²) in [7, 11) is 0.852. The Morgan fingerprint density at radius 2 is 2.11 bits per heavy atom. The molecule has 1 fully saturated rings. The Balaban J connectivity index is 2.35. The van der Waals surface area contributed by atoms with Crippen molar-refractivity contribution in [3.05, 3.63) is 28.3 Å². The zero-order valence-corrected chi connectivity index (χ0v) is 11.4. The smallest absolute Gasteiger partial charge is 0.495 e. The van der Waals surface area contributed by atoms with Crippen LogP contribution in [-0.4, -0.2) is 30.9 Å². The number of rotatable bonds is 3. The van der Waals surface area contributed by atoms with Crippen molar-refractivity contribution in [2.24, 2.45) is 0 Å². The maximum atomic E-state index is 10.9. The number of benzene rings is 1. The Labute approximate surface area is 112 Å². The summed E-state index contributed by atoms with van der Waals surface area (Å²) in [4.78, 5) is 10.4. The highest BCUT2D eigenvalue weighted by Gasteiger charge is 2.44. The molecule has 1 atom stereocenters. The Morgan fingerprint density at radius 1 is 1.42 bits per heavy atom. The Bertz CT molecular complexity index is 505. The zero-order chi connectivity index (χ0) is 14.2. The first kappa shape index (κ1) is 13.8. The van der Waals surface area contributed by atoms with Crippen molar-refractivity contribution in [2.75, 3.05) is 7.11 Å². The number of nitro benzene ring substituents is 1. The largest absolute Gasteiger partial charge is 0.497 e. The number of non-ortho nitro benzene ring substituents is 1. The van der Waals surface area contributed by atoms with Gasteiger partial charge in [0.2, 0.25) is 0 Å². The minimum Gasteiger partial charge on any atom is -0.497 e. The molecule has 2 rings (SSSR count). The maximum Gasteiger partial charge on any atom is 0.495 e. The predicted molar refractivity (Wildman–Crippen MR) is 70.7 cm³/mol. The van der Waals surface area contributed by atoms with Crippen LogP contribution < -0.4 is 10.2 Å². The van der Waals surface area contributed by atoms with Gasteiger partial charge in [-0.2, -0.15) is 0 Å². The number of nitro groups is 1. The summed E-state index contributed by atoms with van der Waals surface area (Å²) in [5, 5.41) is 10.9. The summed E-state index contributed by atoms with van der Waals surface area (Å²) < 4.78 is 16.5. The molecule has 19 heavy (non-hydrogen) atoms. The molecule has 0 aromatic heterocycles. The number of nitrogens with zero attached hydrogens (tertiary/aromatic N) is 1. The highest BCUT2D eigenvalue weighted by Crippen LogP contribution is 2.28. The highest BCUT2D eigenvalue weighted by molar-refractivity contribution is 6.62. The van der Waals surface area contributed by atoms with Crippen molar-refractivity contribution < 1.29 is 19.0 Å². The van der Waals surface area contributed by atoms with Crippen LogP contribution in [0.1, 0.15) is 20.8 Å². The van der Waals surface area contributed by atoms with Crippen LogP contribution in [0.25, 0.3) is 0 Å². The van der Waals surface area contributed by atoms with Crippen molar-refractivity contribution in [1.29, 1.82) is 0 Å². The Kier molecular flexibility index (Phi) is 3.51. The standard InChI is InChI=1S/C12H16BNO5/c1-8-12(2,3)19-13(18-8)9-5-10(14(15)16)7-11(6-9)17-4/h5-8H,1-4H3/t8-/m1/s1. The van der Waals surface area contributed by atoms with Gasteiger partial charge in [0.25, 0.3) is 5.69 Å². The van der Waals surface area contributed by atoms with E-state index in [9.17, 15) is 10.1 Å². The lowest BCUT2D eigenvalue weighted by molar-refractivity contribution is -0.384. The van der Waals surface area contributed by atoms with Crippen LogP contribution >= 0.6 is 0 Å². The lowest BCUT2D eigenvalue weighted by atomic mass is 9.79. The third kappa shape index (κ3) is 2.72. The second-order valence-electron chi connectivity index (χ2n) is 5.05. The molecule has 1 aliphatic rings. The van der Waals surface area contributed by atoms with E-state index in [-0.39, 0.29) is 11.8 Å². The summed E-state index contributed by atoms with van der Waals surface area (Å²) in [6, 6.07) is 4.50. The molecule has 0 N–H and O–H groups in total. The second-order valence-corrected chi connectivity index (χ2v) is 5.05. The van der Waals surface area contributed by atoms with Crippen LogP contribution in [0.3, 0.4) is 0 Å². The van der Waals surface area contributed by atoms with E-state index in [4.69, 9.17) is 14.0 Å². The average molecular weight is 265 g/mol. The highest BCUT2D eigenvalue weighted by atomic mass is 16.7. The molecule has 0 saturated carbocycles. The predicted octanol–water partition coefficient (Wildman–Crippen LogP) is 1.51. The van der Waals surface area contributed by atoms with Gasteiger partial charge in [0.1, 0.15) is 5.75 Å². The first-order chi connectivity index (χ1) is 8.83. The van der Waals surface area contributed by atoms with Crippen LogP contribution in [0.15, 0.2) is 18.2 Å². The molecule has 1 saturated heterocycles. The maximum absolute atomic E-state index is 10.9. The zero-order valence-electron chi connectivity index (χ0n) is 11.4. The van der Waals surface area contributed by atoms with Gasteiger partial charge in [-0.1, -0.05) is 0 Å². The van der Waals surface area contributed by atoms with Crippen molar-refractivity contribution >= 4 is 18.3 Å². The molecule has 0 aliphatic carbocycles. The number of hydrogen-bond donors (Lipinski definition) is 0. The normalized spacial score (nSPS) is 21.5. The lowest BCUT2D eigenvalue weighted by Gasteiger charge is -2.21. The molecule has 1 heterocycles. The molecule has 7 heteroatoms. The monoisotopic (exact) mass is 265 g/mol. The van der Waals surface area contributed by atoms with E-state index in [1.54, 1.807) is 6.07 Å². The van der Waals surface area contributed by atoms with Gasteiger partial charge >= 0.3 is 7.12 Å². The Hall–Kier alpha value is -1.60. The molecular formula is C12H16BNO5. The van der Waals surface area contributed by atoms with Crippen molar-refractivity contribution in [2.45, 2.75) is 32.5 Å². The van der Waals surface area contributed by atoms with Gasteiger partial charge in [0, 0.05) is 6.07 Å².